The van der Waals surface area contributed by atoms with Crippen LogP contribution in [0, 0.1) is 0 Å². The Morgan fingerprint density at radius 3 is 2.83 bits per heavy atom. The fourth-order valence-corrected chi connectivity index (χ4v) is 4.27. The second kappa shape index (κ2) is 6.83. The van der Waals surface area contributed by atoms with E-state index in [0.717, 1.165) is 44.1 Å². The Labute approximate surface area is 141 Å². The van der Waals surface area contributed by atoms with Gasteiger partial charge in [0.25, 0.3) is 5.91 Å². The first-order valence-electron chi connectivity index (χ1n) is 8.45. The number of carbonyl (C=O) groups excluding carboxylic acids is 1. The Balaban J connectivity index is 1.70. The second-order valence-electron chi connectivity index (χ2n) is 7.28. The van der Waals surface area contributed by atoms with E-state index in [9.17, 15) is 4.79 Å². The number of hydrogen-bond acceptors (Lipinski definition) is 6. The number of carbonyl (C=O) groups is 1. The smallest absolute Gasteiger partial charge is 0.264 e. The third-order valence-corrected chi connectivity index (χ3v) is 5.71. The fraction of sp³-hybridized carbons (Fsp3) is 0.812. The predicted molar refractivity (Wildman–Crippen MR) is 89.7 cm³/mol. The van der Waals surface area contributed by atoms with Gasteiger partial charge in [0.15, 0.2) is 0 Å². The van der Waals surface area contributed by atoms with Crippen molar-refractivity contribution >= 4 is 17.4 Å². The van der Waals surface area contributed by atoms with Crippen LogP contribution in [0.2, 0.25) is 0 Å². The summed E-state index contributed by atoms with van der Waals surface area (Å²) in [6.45, 7) is 7.63. The third-order valence-electron chi connectivity index (χ3n) is 5.04. The van der Waals surface area contributed by atoms with Crippen molar-refractivity contribution < 1.29 is 9.53 Å². The Morgan fingerprint density at radius 2 is 2.17 bits per heavy atom. The number of aromatic nitrogens is 2. The summed E-state index contributed by atoms with van der Waals surface area (Å²) in [7, 11) is 0. The predicted octanol–water partition coefficient (Wildman–Crippen LogP) is 2.08. The lowest BCUT2D eigenvalue weighted by atomic mass is 9.79. The summed E-state index contributed by atoms with van der Waals surface area (Å²) in [5.74, 6) is -0.0579. The summed E-state index contributed by atoms with van der Waals surface area (Å²) in [5.41, 5.74) is -0.0542. The van der Waals surface area contributed by atoms with Crippen LogP contribution < -0.4 is 5.32 Å². The maximum absolute atomic E-state index is 12.3. The zero-order valence-electron chi connectivity index (χ0n) is 14.0. The minimum atomic E-state index is -0.117. The van der Waals surface area contributed by atoms with Crippen LogP contribution in [-0.4, -0.2) is 57.8 Å². The highest BCUT2D eigenvalue weighted by molar-refractivity contribution is 7.07. The van der Waals surface area contributed by atoms with Crippen molar-refractivity contribution in [2.45, 2.75) is 57.1 Å². The maximum atomic E-state index is 12.3. The third kappa shape index (κ3) is 3.89. The van der Waals surface area contributed by atoms with Gasteiger partial charge in [-0.1, -0.05) is 23.8 Å². The average molecular weight is 338 g/mol. The molecule has 1 aromatic heterocycles. The van der Waals surface area contributed by atoms with Gasteiger partial charge in [-0.3, -0.25) is 9.69 Å². The molecule has 0 aromatic carbocycles. The minimum Gasteiger partial charge on any atom is -0.373 e. The van der Waals surface area contributed by atoms with Crippen molar-refractivity contribution in [1.82, 2.24) is 19.8 Å². The number of rotatable bonds is 4. The Morgan fingerprint density at radius 1 is 1.39 bits per heavy atom. The van der Waals surface area contributed by atoms with Gasteiger partial charge in [-0.15, -0.1) is 5.10 Å². The highest BCUT2D eigenvalue weighted by Gasteiger charge is 2.42. The number of nitrogens with one attached hydrogen (secondary N) is 1. The number of morpholine rings is 1. The first kappa shape index (κ1) is 16.8. The summed E-state index contributed by atoms with van der Waals surface area (Å²) in [5, 5.41) is 6.87. The molecule has 1 aromatic rings. The first-order valence-corrected chi connectivity index (χ1v) is 9.23. The van der Waals surface area contributed by atoms with Crippen molar-refractivity contribution in [3.63, 3.8) is 0 Å². The van der Waals surface area contributed by atoms with Crippen molar-refractivity contribution in [1.29, 1.82) is 0 Å². The molecule has 1 N–H and O–H groups in total. The SMILES string of the molecule is CC1(C)CN(C2(CNC(=O)c3cnns3)CCCCC2)CCO1. The summed E-state index contributed by atoms with van der Waals surface area (Å²) < 4.78 is 9.64. The van der Waals surface area contributed by atoms with E-state index in [1.54, 1.807) is 0 Å². The van der Waals surface area contributed by atoms with E-state index in [2.05, 4.69) is 33.7 Å². The van der Waals surface area contributed by atoms with Gasteiger partial charge in [-0.25, -0.2) is 0 Å². The second-order valence-corrected chi connectivity index (χ2v) is 8.06. The zero-order valence-corrected chi connectivity index (χ0v) is 14.8. The molecule has 1 saturated carbocycles. The summed E-state index contributed by atoms with van der Waals surface area (Å²) >= 11 is 1.15. The molecule has 3 rings (SSSR count). The van der Waals surface area contributed by atoms with E-state index in [0.29, 0.717) is 11.4 Å². The monoisotopic (exact) mass is 338 g/mol. The number of nitrogens with zero attached hydrogens (tertiary/aromatic N) is 3. The van der Waals surface area contributed by atoms with E-state index in [-0.39, 0.29) is 17.0 Å². The molecule has 0 atom stereocenters. The zero-order chi connectivity index (χ0) is 16.3. The maximum Gasteiger partial charge on any atom is 0.264 e. The molecule has 6 nitrogen and oxygen atoms in total. The van der Waals surface area contributed by atoms with Crippen LogP contribution in [0.1, 0.15) is 55.6 Å². The molecule has 7 heteroatoms. The van der Waals surface area contributed by atoms with Crippen molar-refractivity contribution in [3.05, 3.63) is 11.1 Å². The molecule has 23 heavy (non-hydrogen) atoms. The van der Waals surface area contributed by atoms with Gasteiger partial charge in [-0.2, -0.15) is 0 Å². The molecule has 1 amide bonds. The standard InChI is InChI=1S/C16H26N4O2S/c1-15(2)12-20(8-9-22-15)16(6-4-3-5-7-16)11-17-14(21)13-10-18-19-23-13/h10H,3-9,11-12H2,1-2H3,(H,17,21). The average Bonchev–Trinajstić information content (AvgIpc) is 3.07. The van der Waals surface area contributed by atoms with Crippen molar-refractivity contribution in [2.24, 2.45) is 0 Å². The van der Waals surface area contributed by atoms with Gasteiger partial charge >= 0.3 is 0 Å². The molecule has 128 valence electrons. The number of hydrogen-bond donors (Lipinski definition) is 1. The molecule has 2 heterocycles. The molecule has 2 aliphatic rings. The molecule has 1 aliphatic carbocycles. The van der Waals surface area contributed by atoms with E-state index >= 15 is 0 Å². The molecular weight excluding hydrogens is 312 g/mol. The van der Waals surface area contributed by atoms with Gasteiger partial charge in [0.2, 0.25) is 0 Å². The van der Waals surface area contributed by atoms with Crippen molar-refractivity contribution in [2.75, 3.05) is 26.2 Å². The van der Waals surface area contributed by atoms with E-state index in [4.69, 9.17) is 4.74 Å². The largest absolute Gasteiger partial charge is 0.373 e. The normalized spacial score (nSPS) is 24.3. The Hall–Kier alpha value is -1.05. The van der Waals surface area contributed by atoms with E-state index in [1.165, 1.54) is 25.5 Å². The number of amides is 1. The molecular formula is C16H26N4O2S. The summed E-state index contributed by atoms with van der Waals surface area (Å²) in [6.07, 6.45) is 7.58. The molecule has 1 saturated heterocycles. The van der Waals surface area contributed by atoms with Crippen LogP contribution in [-0.2, 0) is 4.74 Å². The lowest BCUT2D eigenvalue weighted by Gasteiger charge is -2.51. The van der Waals surface area contributed by atoms with Gasteiger partial charge < -0.3 is 10.1 Å². The van der Waals surface area contributed by atoms with Gasteiger partial charge in [-0.05, 0) is 38.2 Å². The van der Waals surface area contributed by atoms with Gasteiger partial charge in [0.1, 0.15) is 4.88 Å². The highest BCUT2D eigenvalue weighted by atomic mass is 32.1. The van der Waals surface area contributed by atoms with Gasteiger partial charge in [0.05, 0.1) is 18.4 Å². The Kier molecular flexibility index (Phi) is 4.98. The molecule has 0 spiro atoms. The summed E-state index contributed by atoms with van der Waals surface area (Å²) in [4.78, 5) is 15.4. The molecule has 0 unspecified atom stereocenters. The van der Waals surface area contributed by atoms with E-state index < -0.39 is 0 Å². The summed E-state index contributed by atoms with van der Waals surface area (Å²) in [6, 6.07) is 0. The number of ether oxygens (including phenoxy) is 1. The van der Waals surface area contributed by atoms with Crippen LogP contribution in [0.15, 0.2) is 6.20 Å². The lowest BCUT2D eigenvalue weighted by Crippen LogP contribution is -2.63. The van der Waals surface area contributed by atoms with E-state index in [1.807, 2.05) is 0 Å². The van der Waals surface area contributed by atoms with Crippen LogP contribution >= 0.6 is 11.5 Å². The lowest BCUT2D eigenvalue weighted by molar-refractivity contribution is -0.122. The van der Waals surface area contributed by atoms with Crippen molar-refractivity contribution in [3.8, 4) is 0 Å². The molecule has 1 aliphatic heterocycles. The Bertz CT molecular complexity index is 526. The van der Waals surface area contributed by atoms with Crippen LogP contribution in [0.4, 0.5) is 0 Å². The fourth-order valence-electron chi connectivity index (χ4n) is 3.84. The van der Waals surface area contributed by atoms with Crippen LogP contribution in [0.5, 0.6) is 0 Å². The highest BCUT2D eigenvalue weighted by Crippen LogP contribution is 2.36. The van der Waals surface area contributed by atoms with Gasteiger partial charge in [0, 0.05) is 25.2 Å². The van der Waals surface area contributed by atoms with Crippen LogP contribution in [0.25, 0.3) is 0 Å². The molecule has 2 fully saturated rings. The molecule has 0 bridgehead atoms. The quantitative estimate of drug-likeness (QED) is 0.910. The minimum absolute atomic E-state index is 0.0579. The van der Waals surface area contributed by atoms with Crippen LogP contribution in [0.3, 0.4) is 0 Å². The first-order chi connectivity index (χ1) is 11.0. The molecule has 0 radical (unpaired) electrons. The topological polar surface area (TPSA) is 67.4 Å².